The average Bonchev–Trinajstić information content (AvgIpc) is 3.08. The standard InChI is InChI=1S/C32H37N5O2/c1-22(2)29(33)31(38)34-25-17-19-26(20-18-25)37-28-16-10-9-15-27(28)30(24-13-7-4-8-14-24)35-36(32(37)39)21-23-11-5-3-6-12-23/h3,5-6,9-12,15-20,22,24,29H,4,7-8,13-14,21,33H2,1-2H3,(H,34,38)/t29-/m0/s1. The van der Waals surface area contributed by atoms with E-state index in [0.29, 0.717) is 23.8 Å². The zero-order valence-corrected chi connectivity index (χ0v) is 22.7. The molecule has 0 spiro atoms. The van der Waals surface area contributed by atoms with Crippen LogP contribution in [0.2, 0.25) is 0 Å². The molecule has 3 amide bonds. The summed E-state index contributed by atoms with van der Waals surface area (Å²) in [5.74, 6) is 0.117. The summed E-state index contributed by atoms with van der Waals surface area (Å²) in [6, 6.07) is 24.6. The fourth-order valence-electron chi connectivity index (χ4n) is 5.34. The first kappa shape index (κ1) is 26.6. The van der Waals surface area contributed by atoms with Crippen molar-refractivity contribution in [3.8, 4) is 0 Å². The molecule has 0 radical (unpaired) electrons. The minimum absolute atomic E-state index is 0.0319. The summed E-state index contributed by atoms with van der Waals surface area (Å²) in [6.45, 7) is 4.21. The fraction of sp³-hybridized carbons (Fsp3) is 0.344. The van der Waals surface area contributed by atoms with Gasteiger partial charge in [-0.05, 0) is 54.7 Å². The van der Waals surface area contributed by atoms with Crippen LogP contribution < -0.4 is 16.0 Å². The summed E-state index contributed by atoms with van der Waals surface area (Å²) >= 11 is 0. The third-order valence-corrected chi connectivity index (χ3v) is 7.64. The van der Waals surface area contributed by atoms with Gasteiger partial charge in [-0.25, -0.2) is 9.80 Å². The van der Waals surface area contributed by atoms with Gasteiger partial charge in [0, 0.05) is 17.2 Å². The molecule has 1 aliphatic heterocycles. The zero-order chi connectivity index (χ0) is 27.4. The summed E-state index contributed by atoms with van der Waals surface area (Å²) in [6.07, 6.45) is 5.75. The molecular weight excluding hydrogens is 486 g/mol. The number of hydrogen-bond acceptors (Lipinski definition) is 4. The molecule has 5 rings (SSSR count). The predicted octanol–water partition coefficient (Wildman–Crippen LogP) is 6.67. The molecule has 202 valence electrons. The van der Waals surface area contributed by atoms with Gasteiger partial charge in [-0.1, -0.05) is 81.6 Å². The van der Waals surface area contributed by atoms with Crippen molar-refractivity contribution in [2.75, 3.05) is 10.2 Å². The van der Waals surface area contributed by atoms with E-state index in [0.717, 1.165) is 35.4 Å². The Kier molecular flexibility index (Phi) is 8.07. The van der Waals surface area contributed by atoms with Crippen LogP contribution >= 0.6 is 0 Å². The largest absolute Gasteiger partial charge is 0.349 e. The Morgan fingerprint density at radius 1 is 0.949 bits per heavy atom. The number of nitrogens with two attached hydrogens (primary N) is 1. The molecule has 7 nitrogen and oxygen atoms in total. The molecule has 0 bridgehead atoms. The quantitative estimate of drug-likeness (QED) is 0.362. The van der Waals surface area contributed by atoms with Gasteiger partial charge in [0.15, 0.2) is 0 Å². The van der Waals surface area contributed by atoms with Gasteiger partial charge >= 0.3 is 6.03 Å². The zero-order valence-electron chi connectivity index (χ0n) is 22.7. The normalized spacial score (nSPS) is 16.9. The van der Waals surface area contributed by atoms with Gasteiger partial charge in [0.1, 0.15) is 0 Å². The van der Waals surface area contributed by atoms with Crippen LogP contribution in [0.15, 0.2) is 84.0 Å². The second-order valence-electron chi connectivity index (χ2n) is 10.8. The monoisotopic (exact) mass is 523 g/mol. The molecule has 3 aromatic carbocycles. The van der Waals surface area contributed by atoms with Crippen molar-refractivity contribution in [2.45, 2.75) is 58.5 Å². The van der Waals surface area contributed by atoms with E-state index in [4.69, 9.17) is 10.8 Å². The summed E-state index contributed by atoms with van der Waals surface area (Å²) in [7, 11) is 0. The predicted molar refractivity (Wildman–Crippen MR) is 157 cm³/mol. The lowest BCUT2D eigenvalue weighted by Gasteiger charge is -2.27. The summed E-state index contributed by atoms with van der Waals surface area (Å²) in [5, 5.41) is 9.57. The Morgan fingerprint density at radius 2 is 1.62 bits per heavy atom. The fourth-order valence-corrected chi connectivity index (χ4v) is 5.34. The number of hydrogen-bond donors (Lipinski definition) is 2. The van der Waals surface area contributed by atoms with Gasteiger partial charge in [-0.2, -0.15) is 5.10 Å². The molecule has 1 saturated carbocycles. The topological polar surface area (TPSA) is 91.0 Å². The minimum atomic E-state index is -0.592. The van der Waals surface area contributed by atoms with Gasteiger partial charge in [0.2, 0.25) is 5.91 Å². The number of carbonyl (C=O) groups excluding carboxylic acids is 2. The Balaban J connectivity index is 1.53. The number of nitrogens with one attached hydrogen (secondary N) is 1. The maximum Gasteiger partial charge on any atom is 0.349 e. The van der Waals surface area contributed by atoms with E-state index in [1.807, 2.05) is 86.6 Å². The van der Waals surface area contributed by atoms with Crippen LogP contribution in [0.25, 0.3) is 0 Å². The lowest BCUT2D eigenvalue weighted by molar-refractivity contribution is -0.118. The van der Waals surface area contributed by atoms with Gasteiger partial charge in [-0.15, -0.1) is 0 Å². The Hall–Kier alpha value is -3.97. The molecule has 0 aromatic heterocycles. The molecular formula is C32H37N5O2. The minimum Gasteiger partial charge on any atom is -0.325 e. The van der Waals surface area contributed by atoms with E-state index in [1.54, 1.807) is 9.91 Å². The third-order valence-electron chi connectivity index (χ3n) is 7.64. The summed E-state index contributed by atoms with van der Waals surface area (Å²) in [4.78, 5) is 28.4. The van der Waals surface area contributed by atoms with Crippen LogP contribution in [0.1, 0.15) is 57.1 Å². The highest BCUT2D eigenvalue weighted by molar-refractivity contribution is 6.13. The van der Waals surface area contributed by atoms with Crippen molar-refractivity contribution in [3.05, 3.63) is 90.0 Å². The number of hydrazone groups is 1. The van der Waals surface area contributed by atoms with Gasteiger partial charge in [-0.3, -0.25) is 9.69 Å². The van der Waals surface area contributed by atoms with E-state index in [1.165, 1.54) is 19.3 Å². The van der Waals surface area contributed by atoms with E-state index in [2.05, 4.69) is 11.4 Å². The molecule has 3 N–H and O–H groups in total. The van der Waals surface area contributed by atoms with Crippen LogP contribution in [0, 0.1) is 11.8 Å². The molecule has 0 saturated heterocycles. The maximum atomic E-state index is 14.2. The Labute approximate surface area is 230 Å². The molecule has 7 heteroatoms. The van der Waals surface area contributed by atoms with E-state index in [-0.39, 0.29) is 17.9 Å². The van der Waals surface area contributed by atoms with Gasteiger partial charge in [0.25, 0.3) is 0 Å². The highest BCUT2D eigenvalue weighted by Crippen LogP contribution is 2.38. The Bertz CT molecular complexity index is 1330. The van der Waals surface area contributed by atoms with Crippen LogP contribution in [0.3, 0.4) is 0 Å². The summed E-state index contributed by atoms with van der Waals surface area (Å²) in [5.41, 5.74) is 11.2. The van der Waals surface area contributed by atoms with Crippen molar-refractivity contribution >= 4 is 34.7 Å². The number of fused-ring (bicyclic) bond motifs is 1. The molecule has 0 unspecified atom stereocenters. The van der Waals surface area contributed by atoms with Crippen molar-refractivity contribution in [1.29, 1.82) is 0 Å². The number of amides is 3. The first-order chi connectivity index (χ1) is 18.9. The molecule has 1 aliphatic carbocycles. The lowest BCUT2D eigenvalue weighted by atomic mass is 9.83. The third kappa shape index (κ3) is 5.88. The second kappa shape index (κ2) is 11.8. The van der Waals surface area contributed by atoms with Crippen molar-refractivity contribution in [3.63, 3.8) is 0 Å². The lowest BCUT2D eigenvalue weighted by Crippen LogP contribution is -2.39. The number of anilines is 3. The van der Waals surface area contributed by atoms with Crippen LogP contribution in [0.5, 0.6) is 0 Å². The molecule has 3 aromatic rings. The highest BCUT2D eigenvalue weighted by atomic mass is 16.2. The van der Waals surface area contributed by atoms with Crippen molar-refractivity contribution < 1.29 is 9.59 Å². The molecule has 1 heterocycles. The van der Waals surface area contributed by atoms with E-state index in [9.17, 15) is 9.59 Å². The van der Waals surface area contributed by atoms with Crippen molar-refractivity contribution in [1.82, 2.24) is 5.01 Å². The van der Waals surface area contributed by atoms with E-state index >= 15 is 0 Å². The first-order valence-electron chi connectivity index (χ1n) is 13.9. The Morgan fingerprint density at radius 3 is 2.31 bits per heavy atom. The van der Waals surface area contributed by atoms with Crippen molar-refractivity contribution in [2.24, 2.45) is 22.7 Å². The van der Waals surface area contributed by atoms with Crippen LogP contribution in [0.4, 0.5) is 21.9 Å². The van der Waals surface area contributed by atoms with Crippen LogP contribution in [-0.4, -0.2) is 28.7 Å². The first-order valence-corrected chi connectivity index (χ1v) is 13.9. The number of nitrogens with zero attached hydrogens (tertiary/aromatic N) is 3. The molecule has 1 fully saturated rings. The van der Waals surface area contributed by atoms with Gasteiger partial charge in [0.05, 0.1) is 29.7 Å². The highest BCUT2D eigenvalue weighted by Gasteiger charge is 2.34. The van der Waals surface area contributed by atoms with Crippen LogP contribution in [-0.2, 0) is 11.3 Å². The number of para-hydroxylation sites is 1. The maximum absolute atomic E-state index is 14.2. The number of benzene rings is 3. The molecule has 1 atom stereocenters. The molecule has 39 heavy (non-hydrogen) atoms. The summed E-state index contributed by atoms with van der Waals surface area (Å²) < 4.78 is 0. The number of carbonyl (C=O) groups is 2. The molecule has 2 aliphatic rings. The number of urea groups is 1. The average molecular weight is 524 g/mol. The number of rotatable bonds is 7. The van der Waals surface area contributed by atoms with Gasteiger partial charge < -0.3 is 11.1 Å². The SMILES string of the molecule is CC(C)[C@H](N)C(=O)Nc1ccc(N2C(=O)N(Cc3ccccc3)N=C(C3CCCCC3)c3ccccc32)cc1. The van der Waals surface area contributed by atoms with E-state index < -0.39 is 6.04 Å². The second-order valence-corrected chi connectivity index (χ2v) is 10.8. The smallest absolute Gasteiger partial charge is 0.325 e.